The minimum atomic E-state index is -1.81. The zero-order valence-corrected chi connectivity index (χ0v) is 27.7. The van der Waals surface area contributed by atoms with Crippen molar-refractivity contribution in [1.29, 1.82) is 0 Å². The molecular weight excluding hydrogens is 613 g/mol. The number of methoxy groups -OCH3 is 1. The molecule has 0 aromatic heterocycles. The van der Waals surface area contributed by atoms with Crippen LogP contribution in [0, 0.1) is 11.8 Å². The number of nitrogens with one attached hydrogen (secondary N) is 1. The number of alkyl halides is 1. The van der Waals surface area contributed by atoms with Crippen molar-refractivity contribution in [2.75, 3.05) is 30.5 Å². The van der Waals surface area contributed by atoms with Crippen LogP contribution in [0.5, 0.6) is 5.75 Å². The lowest BCUT2D eigenvalue weighted by molar-refractivity contribution is -0.151. The lowest BCUT2D eigenvalue weighted by atomic mass is 9.71. The van der Waals surface area contributed by atoms with Gasteiger partial charge >= 0.3 is 0 Å². The number of amides is 3. The second-order valence-electron chi connectivity index (χ2n) is 13.4. The molecule has 2 N–H and O–H groups in total. The monoisotopic (exact) mass is 655 g/mol. The Hall–Kier alpha value is -4.54. The van der Waals surface area contributed by atoms with E-state index < -0.39 is 35.3 Å². The first kappa shape index (κ1) is 33.4. The number of carbonyl (C=O) groups is 3. The van der Waals surface area contributed by atoms with Crippen molar-refractivity contribution in [3.63, 3.8) is 0 Å². The van der Waals surface area contributed by atoms with E-state index >= 15 is 4.39 Å². The van der Waals surface area contributed by atoms with E-state index in [4.69, 9.17) is 9.47 Å². The Morgan fingerprint density at radius 3 is 2.50 bits per heavy atom. The molecule has 3 aliphatic rings. The molecule has 1 saturated heterocycles. The third-order valence-electron chi connectivity index (χ3n) is 10.1. The molecule has 0 radical (unpaired) electrons. The standard InChI is InChI=1S/C38H42FN3O6/c1-6-17-41-31-16-13-27(40-35(45)24-11-14-29(47-5)15-12-24)19-30(31)38(36(41)46)23(2)34(37(3,4)39)32(48-38)20-33(44)42-21-26-10-8-7-9-25(26)18-28(42)22-43/h6-16,19,23,28,32,34,43H,1,17-18,20-22H2,2-5H3,(H,40,45)/t23-,28-,32+,34-,38+/m0/s1. The summed E-state index contributed by atoms with van der Waals surface area (Å²) in [6.45, 7) is 8.84. The molecule has 0 unspecified atom stereocenters. The molecule has 3 aromatic carbocycles. The van der Waals surface area contributed by atoms with Crippen molar-refractivity contribution in [3.8, 4) is 5.75 Å². The number of aliphatic hydroxyl groups excluding tert-OH is 1. The van der Waals surface area contributed by atoms with E-state index in [0.717, 1.165) is 11.1 Å². The number of benzene rings is 3. The van der Waals surface area contributed by atoms with Gasteiger partial charge in [0.2, 0.25) is 5.91 Å². The number of carbonyl (C=O) groups excluding carboxylic acids is 3. The summed E-state index contributed by atoms with van der Waals surface area (Å²) in [6, 6.07) is 19.3. The van der Waals surface area contributed by atoms with Gasteiger partial charge in [-0.25, -0.2) is 4.39 Å². The van der Waals surface area contributed by atoms with E-state index in [1.165, 1.54) is 13.8 Å². The summed E-state index contributed by atoms with van der Waals surface area (Å²) in [5.41, 5.74) is 0.585. The van der Waals surface area contributed by atoms with Gasteiger partial charge in [-0.05, 0) is 73.9 Å². The second kappa shape index (κ2) is 12.8. The van der Waals surface area contributed by atoms with Gasteiger partial charge in [0, 0.05) is 41.7 Å². The van der Waals surface area contributed by atoms with Crippen LogP contribution in [0.15, 0.2) is 79.4 Å². The molecule has 3 aliphatic heterocycles. The van der Waals surface area contributed by atoms with Gasteiger partial charge in [-0.2, -0.15) is 0 Å². The topological polar surface area (TPSA) is 108 Å². The summed E-state index contributed by atoms with van der Waals surface area (Å²) in [7, 11) is 1.55. The third kappa shape index (κ3) is 5.66. The summed E-state index contributed by atoms with van der Waals surface area (Å²) >= 11 is 0. The molecule has 252 valence electrons. The first-order valence-electron chi connectivity index (χ1n) is 16.3. The Bertz CT molecular complexity index is 1740. The molecule has 10 heteroatoms. The maximum atomic E-state index is 16.3. The molecule has 1 spiro atoms. The zero-order valence-electron chi connectivity index (χ0n) is 27.7. The second-order valence-corrected chi connectivity index (χ2v) is 13.4. The number of fused-ring (bicyclic) bond motifs is 3. The van der Waals surface area contributed by atoms with Crippen LogP contribution in [-0.2, 0) is 32.9 Å². The average Bonchev–Trinajstić information content (AvgIpc) is 3.50. The number of aliphatic hydroxyl groups is 1. The van der Waals surface area contributed by atoms with Crippen molar-refractivity contribution < 1.29 is 33.4 Å². The minimum absolute atomic E-state index is 0.166. The van der Waals surface area contributed by atoms with Gasteiger partial charge in [-0.15, -0.1) is 6.58 Å². The molecule has 0 aliphatic carbocycles. The van der Waals surface area contributed by atoms with Gasteiger partial charge in [0.05, 0.1) is 38.0 Å². The molecule has 3 heterocycles. The highest BCUT2D eigenvalue weighted by atomic mass is 19.1. The van der Waals surface area contributed by atoms with E-state index in [-0.39, 0.29) is 37.3 Å². The summed E-state index contributed by atoms with van der Waals surface area (Å²) in [5, 5.41) is 13.1. The van der Waals surface area contributed by atoms with Crippen molar-refractivity contribution in [2.45, 2.75) is 63.6 Å². The van der Waals surface area contributed by atoms with Gasteiger partial charge in [0.1, 0.15) is 11.4 Å². The van der Waals surface area contributed by atoms with Crippen LogP contribution in [0.3, 0.4) is 0 Å². The van der Waals surface area contributed by atoms with Gasteiger partial charge in [0.25, 0.3) is 11.8 Å². The molecule has 3 aromatic rings. The number of ether oxygens (including phenoxy) is 2. The van der Waals surface area contributed by atoms with Crippen LogP contribution in [-0.4, -0.2) is 65.8 Å². The molecule has 48 heavy (non-hydrogen) atoms. The van der Waals surface area contributed by atoms with Crippen LogP contribution in [0.4, 0.5) is 15.8 Å². The number of rotatable bonds is 9. The van der Waals surface area contributed by atoms with Gasteiger partial charge in [0.15, 0.2) is 5.60 Å². The largest absolute Gasteiger partial charge is 0.497 e. The Morgan fingerprint density at radius 2 is 1.85 bits per heavy atom. The van der Waals surface area contributed by atoms with E-state index in [1.807, 2.05) is 24.3 Å². The van der Waals surface area contributed by atoms with E-state index in [0.29, 0.717) is 41.2 Å². The number of halogens is 1. The van der Waals surface area contributed by atoms with Crippen LogP contribution in [0.2, 0.25) is 0 Å². The van der Waals surface area contributed by atoms with Crippen LogP contribution >= 0.6 is 0 Å². The van der Waals surface area contributed by atoms with Crippen molar-refractivity contribution in [1.82, 2.24) is 4.90 Å². The van der Waals surface area contributed by atoms with Crippen LogP contribution in [0.25, 0.3) is 0 Å². The van der Waals surface area contributed by atoms with Crippen molar-refractivity contribution in [2.24, 2.45) is 11.8 Å². The zero-order chi connectivity index (χ0) is 34.4. The highest BCUT2D eigenvalue weighted by Gasteiger charge is 2.66. The fraction of sp³-hybridized carbons (Fsp3) is 0.395. The lowest BCUT2D eigenvalue weighted by Crippen LogP contribution is -2.48. The normalized spacial score (nSPS) is 24.8. The number of hydrogen-bond acceptors (Lipinski definition) is 6. The first-order chi connectivity index (χ1) is 22.9. The SMILES string of the molecule is C=CCN1C(=O)[C@]2(O[C@H](CC(=O)N3Cc4ccccc4C[C@H]3CO)[C@@H](C(C)(C)F)[C@@H]2C)c2cc(NC(=O)c3ccc(OC)cc3)ccc21. The van der Waals surface area contributed by atoms with Crippen molar-refractivity contribution >= 4 is 29.1 Å². The Kier molecular flexibility index (Phi) is 8.91. The molecule has 5 atom stereocenters. The van der Waals surface area contributed by atoms with Crippen LogP contribution in [0.1, 0.15) is 54.2 Å². The third-order valence-corrected chi connectivity index (χ3v) is 10.1. The molecule has 3 amide bonds. The Balaban J connectivity index is 1.34. The molecular formula is C38H42FN3O6. The average molecular weight is 656 g/mol. The summed E-state index contributed by atoms with van der Waals surface area (Å²) < 4.78 is 28.2. The quantitative estimate of drug-likeness (QED) is 0.299. The maximum absolute atomic E-state index is 16.3. The predicted molar refractivity (Wildman–Crippen MR) is 181 cm³/mol. The highest BCUT2D eigenvalue weighted by Crippen LogP contribution is 2.58. The van der Waals surface area contributed by atoms with Crippen molar-refractivity contribution in [3.05, 3.63) is 102 Å². The number of nitrogens with zero attached hydrogens (tertiary/aromatic N) is 2. The lowest BCUT2D eigenvalue weighted by Gasteiger charge is -2.37. The summed E-state index contributed by atoms with van der Waals surface area (Å²) in [6.07, 6.45) is 1.01. The predicted octanol–water partition coefficient (Wildman–Crippen LogP) is 5.41. The van der Waals surface area contributed by atoms with E-state index in [1.54, 1.807) is 72.4 Å². The fourth-order valence-electron chi connectivity index (χ4n) is 7.91. The number of anilines is 2. The smallest absolute Gasteiger partial charge is 0.264 e. The van der Waals surface area contributed by atoms with Gasteiger partial charge in [-0.1, -0.05) is 37.3 Å². The molecule has 0 saturated carbocycles. The summed E-state index contributed by atoms with van der Waals surface area (Å²) in [5.74, 6) is -1.89. The molecule has 1 fully saturated rings. The Morgan fingerprint density at radius 1 is 1.15 bits per heavy atom. The van der Waals surface area contributed by atoms with E-state index in [9.17, 15) is 19.5 Å². The summed E-state index contributed by atoms with van der Waals surface area (Å²) in [4.78, 5) is 44.8. The maximum Gasteiger partial charge on any atom is 0.264 e. The molecule has 9 nitrogen and oxygen atoms in total. The highest BCUT2D eigenvalue weighted by molar-refractivity contribution is 6.09. The fourth-order valence-corrected chi connectivity index (χ4v) is 7.91. The number of hydrogen-bond donors (Lipinski definition) is 2. The van der Waals surface area contributed by atoms with Gasteiger partial charge in [-0.3, -0.25) is 14.4 Å². The molecule has 0 bridgehead atoms. The van der Waals surface area contributed by atoms with E-state index in [2.05, 4.69) is 11.9 Å². The first-order valence-corrected chi connectivity index (χ1v) is 16.3. The van der Waals surface area contributed by atoms with Crippen LogP contribution < -0.4 is 15.0 Å². The van der Waals surface area contributed by atoms with Gasteiger partial charge < -0.3 is 29.7 Å². The molecule has 6 rings (SSSR count). The minimum Gasteiger partial charge on any atom is -0.497 e. The Labute approximate surface area is 280 Å².